The number of hydrogen-bond acceptors (Lipinski definition) is 5. The van der Waals surface area contributed by atoms with Gasteiger partial charge in [0, 0.05) is 30.1 Å². The van der Waals surface area contributed by atoms with E-state index in [2.05, 4.69) is 5.16 Å². The van der Waals surface area contributed by atoms with Crippen LogP contribution in [0.15, 0.2) is 22.7 Å². The number of benzene rings is 1. The van der Waals surface area contributed by atoms with Crippen molar-refractivity contribution in [1.82, 2.24) is 10.1 Å². The molecule has 0 bridgehead atoms. The molecule has 2 aromatic rings. The fourth-order valence-corrected chi connectivity index (χ4v) is 4.06. The van der Waals surface area contributed by atoms with Crippen molar-refractivity contribution in [2.75, 3.05) is 27.3 Å². The van der Waals surface area contributed by atoms with Crippen molar-refractivity contribution in [3.05, 3.63) is 40.8 Å². The molecule has 1 saturated heterocycles. The van der Waals surface area contributed by atoms with Crippen molar-refractivity contribution in [3.63, 3.8) is 0 Å². The van der Waals surface area contributed by atoms with E-state index in [1.807, 2.05) is 23.1 Å². The minimum Gasteiger partial charge on any atom is -0.497 e. The Bertz CT molecular complexity index is 814. The minimum atomic E-state index is -0.0370. The quantitative estimate of drug-likeness (QED) is 0.842. The van der Waals surface area contributed by atoms with Gasteiger partial charge in [0.05, 0.1) is 19.9 Å². The monoisotopic (exact) mass is 356 g/mol. The standard InChI is InChI=1S/C20H24N2O4/c1-24-14-7-8-18(25-2)16(11-14)13-9-10-22(12-13)20(23)19-15-5-3-4-6-17(15)21-26-19/h7-8,11,13H,3-6,9-10,12H2,1-2H3. The van der Waals surface area contributed by atoms with Gasteiger partial charge in [-0.1, -0.05) is 5.16 Å². The van der Waals surface area contributed by atoms with Gasteiger partial charge in [-0.25, -0.2) is 0 Å². The summed E-state index contributed by atoms with van der Waals surface area (Å²) >= 11 is 0. The zero-order chi connectivity index (χ0) is 18.1. The lowest BCUT2D eigenvalue weighted by molar-refractivity contribution is 0.0747. The van der Waals surface area contributed by atoms with Gasteiger partial charge in [0.25, 0.3) is 5.91 Å². The predicted octanol–water partition coefficient (Wildman–Crippen LogP) is 3.20. The molecular weight excluding hydrogens is 332 g/mol. The topological polar surface area (TPSA) is 64.8 Å². The van der Waals surface area contributed by atoms with E-state index in [9.17, 15) is 4.79 Å². The van der Waals surface area contributed by atoms with Crippen LogP contribution >= 0.6 is 0 Å². The molecule has 1 aromatic carbocycles. The number of aryl methyl sites for hydroxylation is 1. The van der Waals surface area contributed by atoms with Gasteiger partial charge in [0.15, 0.2) is 0 Å². The van der Waals surface area contributed by atoms with Gasteiger partial charge >= 0.3 is 0 Å². The third-order valence-electron chi connectivity index (χ3n) is 5.51. The van der Waals surface area contributed by atoms with Crippen molar-refractivity contribution in [3.8, 4) is 11.5 Å². The molecule has 1 unspecified atom stereocenters. The first-order valence-electron chi connectivity index (χ1n) is 9.20. The molecule has 2 heterocycles. The molecule has 1 amide bonds. The van der Waals surface area contributed by atoms with Crippen molar-refractivity contribution in [1.29, 1.82) is 0 Å². The van der Waals surface area contributed by atoms with E-state index in [1.165, 1.54) is 0 Å². The summed E-state index contributed by atoms with van der Waals surface area (Å²) in [5, 5.41) is 4.12. The number of hydrogen-bond donors (Lipinski definition) is 0. The number of likely N-dealkylation sites (tertiary alicyclic amines) is 1. The molecule has 0 radical (unpaired) electrons. The zero-order valence-corrected chi connectivity index (χ0v) is 15.3. The normalized spacial score (nSPS) is 19.3. The fraction of sp³-hybridized carbons (Fsp3) is 0.500. The lowest BCUT2D eigenvalue weighted by Gasteiger charge is -2.18. The van der Waals surface area contributed by atoms with Gasteiger partial charge in [0.2, 0.25) is 5.76 Å². The highest BCUT2D eigenvalue weighted by Crippen LogP contribution is 2.37. The zero-order valence-electron chi connectivity index (χ0n) is 15.3. The Morgan fingerprint density at radius 1 is 1.23 bits per heavy atom. The molecule has 26 heavy (non-hydrogen) atoms. The van der Waals surface area contributed by atoms with Crippen LogP contribution in [0.3, 0.4) is 0 Å². The molecule has 1 atom stereocenters. The maximum atomic E-state index is 13.0. The van der Waals surface area contributed by atoms with Crippen molar-refractivity contribution in [2.45, 2.75) is 38.0 Å². The van der Waals surface area contributed by atoms with Crippen LogP contribution in [0.2, 0.25) is 0 Å². The van der Waals surface area contributed by atoms with Gasteiger partial charge in [0.1, 0.15) is 11.5 Å². The van der Waals surface area contributed by atoms with Crippen LogP contribution in [-0.4, -0.2) is 43.3 Å². The van der Waals surface area contributed by atoms with E-state index >= 15 is 0 Å². The number of aromatic nitrogens is 1. The maximum Gasteiger partial charge on any atom is 0.292 e. The van der Waals surface area contributed by atoms with Gasteiger partial charge in [-0.05, 0) is 50.3 Å². The summed E-state index contributed by atoms with van der Waals surface area (Å²) in [7, 11) is 3.33. The van der Waals surface area contributed by atoms with Gasteiger partial charge in [-0.15, -0.1) is 0 Å². The van der Waals surface area contributed by atoms with E-state index in [1.54, 1.807) is 14.2 Å². The Kier molecular flexibility index (Phi) is 4.57. The van der Waals surface area contributed by atoms with Crippen LogP contribution in [0.1, 0.15) is 52.6 Å². The summed E-state index contributed by atoms with van der Waals surface area (Å²) in [6.45, 7) is 1.36. The molecule has 0 N–H and O–H groups in total. The number of amides is 1. The molecular formula is C20H24N2O4. The van der Waals surface area contributed by atoms with E-state index < -0.39 is 0 Å². The molecule has 2 aliphatic rings. The number of rotatable bonds is 4. The summed E-state index contributed by atoms with van der Waals surface area (Å²) in [6.07, 6.45) is 4.91. The number of carbonyl (C=O) groups is 1. The number of methoxy groups -OCH3 is 2. The first-order valence-corrected chi connectivity index (χ1v) is 9.20. The Morgan fingerprint density at radius 3 is 2.88 bits per heavy atom. The molecule has 138 valence electrons. The fourth-order valence-electron chi connectivity index (χ4n) is 4.06. The first kappa shape index (κ1) is 16.9. The molecule has 6 nitrogen and oxygen atoms in total. The number of ether oxygens (including phenoxy) is 2. The highest BCUT2D eigenvalue weighted by molar-refractivity contribution is 5.93. The second-order valence-corrected chi connectivity index (χ2v) is 6.99. The average molecular weight is 356 g/mol. The van der Waals surface area contributed by atoms with E-state index in [0.717, 1.165) is 60.4 Å². The molecule has 1 aromatic heterocycles. The number of fused-ring (bicyclic) bond motifs is 1. The largest absolute Gasteiger partial charge is 0.497 e. The van der Waals surface area contributed by atoms with E-state index in [0.29, 0.717) is 18.8 Å². The third kappa shape index (κ3) is 2.93. The third-order valence-corrected chi connectivity index (χ3v) is 5.51. The van der Waals surface area contributed by atoms with Crippen LogP contribution < -0.4 is 9.47 Å². The van der Waals surface area contributed by atoms with E-state index in [-0.39, 0.29) is 11.8 Å². The minimum absolute atomic E-state index is 0.0370. The molecule has 1 aliphatic carbocycles. The summed E-state index contributed by atoms with van der Waals surface area (Å²) < 4.78 is 16.3. The highest BCUT2D eigenvalue weighted by Gasteiger charge is 2.34. The number of carbonyl (C=O) groups excluding carboxylic acids is 1. The molecule has 1 fully saturated rings. The predicted molar refractivity (Wildman–Crippen MR) is 96.0 cm³/mol. The maximum absolute atomic E-state index is 13.0. The highest BCUT2D eigenvalue weighted by atomic mass is 16.5. The van der Waals surface area contributed by atoms with Gasteiger partial charge in [-0.2, -0.15) is 0 Å². The molecule has 0 saturated carbocycles. The van der Waals surface area contributed by atoms with Gasteiger partial charge in [-0.3, -0.25) is 4.79 Å². The number of nitrogens with zero attached hydrogens (tertiary/aromatic N) is 2. The smallest absolute Gasteiger partial charge is 0.292 e. The lowest BCUT2D eigenvalue weighted by atomic mass is 9.95. The second-order valence-electron chi connectivity index (χ2n) is 6.99. The van der Waals surface area contributed by atoms with Crippen LogP contribution in [-0.2, 0) is 12.8 Å². The first-order chi connectivity index (χ1) is 12.7. The molecule has 6 heteroatoms. The lowest BCUT2D eigenvalue weighted by Crippen LogP contribution is -2.29. The van der Waals surface area contributed by atoms with Crippen LogP contribution in [0, 0.1) is 0 Å². The van der Waals surface area contributed by atoms with Crippen molar-refractivity contribution < 1.29 is 18.8 Å². The molecule has 0 spiro atoms. The van der Waals surface area contributed by atoms with Crippen LogP contribution in [0.5, 0.6) is 11.5 Å². The van der Waals surface area contributed by atoms with Crippen molar-refractivity contribution in [2.24, 2.45) is 0 Å². The molecule has 1 aliphatic heterocycles. The van der Waals surface area contributed by atoms with Crippen LogP contribution in [0.4, 0.5) is 0 Å². The Morgan fingerprint density at radius 2 is 2.08 bits per heavy atom. The summed E-state index contributed by atoms with van der Waals surface area (Å²) in [4.78, 5) is 14.8. The van der Waals surface area contributed by atoms with Gasteiger partial charge < -0.3 is 18.9 Å². The van der Waals surface area contributed by atoms with Crippen LogP contribution in [0.25, 0.3) is 0 Å². The summed E-state index contributed by atoms with van der Waals surface area (Å²) in [6, 6.07) is 5.82. The van der Waals surface area contributed by atoms with E-state index in [4.69, 9.17) is 14.0 Å². The Balaban J connectivity index is 1.54. The second kappa shape index (κ2) is 7.02. The Labute approximate surface area is 153 Å². The molecule has 4 rings (SSSR count). The average Bonchev–Trinajstić information content (AvgIpc) is 3.34. The summed E-state index contributed by atoms with van der Waals surface area (Å²) in [5.41, 5.74) is 3.07. The Hall–Kier alpha value is -2.50. The summed E-state index contributed by atoms with van der Waals surface area (Å²) in [5.74, 6) is 2.27. The SMILES string of the molecule is COc1ccc(OC)c(C2CCN(C(=O)c3onc4c3CCCC4)C2)c1. The van der Waals surface area contributed by atoms with Crippen molar-refractivity contribution >= 4 is 5.91 Å².